The van der Waals surface area contributed by atoms with Crippen molar-refractivity contribution in [3.8, 4) is 0 Å². The van der Waals surface area contributed by atoms with Crippen LogP contribution in [0.15, 0.2) is 18.2 Å². The number of hydrogen-bond acceptors (Lipinski definition) is 3. The number of amides is 2. The summed E-state index contributed by atoms with van der Waals surface area (Å²) in [6.45, 7) is 2.37. The third kappa shape index (κ3) is 2.94. The van der Waals surface area contributed by atoms with E-state index in [0.29, 0.717) is 17.8 Å². The van der Waals surface area contributed by atoms with Gasteiger partial charge in [-0.3, -0.25) is 9.59 Å². The predicted octanol–water partition coefficient (Wildman–Crippen LogP) is 1.29. The van der Waals surface area contributed by atoms with E-state index >= 15 is 0 Å². The average Bonchev–Trinajstić information content (AvgIpc) is 2.81. The van der Waals surface area contributed by atoms with E-state index in [2.05, 4.69) is 16.0 Å². The molecule has 2 amide bonds. The SMILES string of the molecule is Cl.O=C1NCc2ccc(NC(=O)C3CCNCC3)cc21. The Hall–Kier alpha value is -1.59. The van der Waals surface area contributed by atoms with Gasteiger partial charge >= 0.3 is 0 Å². The summed E-state index contributed by atoms with van der Waals surface area (Å²) in [5.41, 5.74) is 2.37. The summed E-state index contributed by atoms with van der Waals surface area (Å²) >= 11 is 0. The molecular weight excluding hydrogens is 278 g/mol. The second-order valence-corrected chi connectivity index (χ2v) is 5.07. The lowest BCUT2D eigenvalue weighted by atomic mass is 9.97. The minimum absolute atomic E-state index is 0. The zero-order valence-electron chi connectivity index (χ0n) is 11.1. The van der Waals surface area contributed by atoms with Gasteiger partial charge in [-0.1, -0.05) is 6.07 Å². The fourth-order valence-corrected chi connectivity index (χ4v) is 2.62. The third-order valence-corrected chi connectivity index (χ3v) is 3.77. The van der Waals surface area contributed by atoms with Gasteiger partial charge in [0, 0.05) is 23.7 Å². The molecule has 6 heteroatoms. The molecule has 0 radical (unpaired) electrons. The van der Waals surface area contributed by atoms with Crippen molar-refractivity contribution in [1.29, 1.82) is 0 Å². The molecule has 0 bridgehead atoms. The Labute approximate surface area is 123 Å². The van der Waals surface area contributed by atoms with Gasteiger partial charge in [-0.15, -0.1) is 12.4 Å². The minimum Gasteiger partial charge on any atom is -0.348 e. The van der Waals surface area contributed by atoms with E-state index in [1.54, 1.807) is 6.07 Å². The van der Waals surface area contributed by atoms with Crippen LogP contribution in [0.25, 0.3) is 0 Å². The Morgan fingerprint density at radius 1 is 1.25 bits per heavy atom. The molecule has 1 saturated heterocycles. The van der Waals surface area contributed by atoms with Gasteiger partial charge in [0.05, 0.1) is 0 Å². The molecule has 3 rings (SSSR count). The maximum Gasteiger partial charge on any atom is 0.251 e. The van der Waals surface area contributed by atoms with Crippen LogP contribution in [0.5, 0.6) is 0 Å². The van der Waals surface area contributed by atoms with Crippen molar-refractivity contribution in [2.75, 3.05) is 18.4 Å². The molecule has 0 saturated carbocycles. The van der Waals surface area contributed by atoms with Crippen molar-refractivity contribution in [1.82, 2.24) is 10.6 Å². The van der Waals surface area contributed by atoms with Gasteiger partial charge in [0.1, 0.15) is 0 Å². The molecule has 108 valence electrons. The van der Waals surface area contributed by atoms with Crippen molar-refractivity contribution in [2.24, 2.45) is 5.92 Å². The van der Waals surface area contributed by atoms with Gasteiger partial charge in [-0.05, 0) is 43.6 Å². The monoisotopic (exact) mass is 295 g/mol. The van der Waals surface area contributed by atoms with E-state index in [9.17, 15) is 9.59 Å². The van der Waals surface area contributed by atoms with Crippen LogP contribution in [-0.4, -0.2) is 24.9 Å². The molecule has 0 spiro atoms. The smallest absolute Gasteiger partial charge is 0.251 e. The number of hydrogen-bond donors (Lipinski definition) is 3. The number of anilines is 1. The molecule has 1 aromatic rings. The van der Waals surface area contributed by atoms with Crippen LogP contribution < -0.4 is 16.0 Å². The number of carbonyl (C=O) groups is 2. The van der Waals surface area contributed by atoms with Crippen LogP contribution in [0.3, 0.4) is 0 Å². The number of nitrogens with one attached hydrogen (secondary N) is 3. The number of benzene rings is 1. The van der Waals surface area contributed by atoms with E-state index in [-0.39, 0.29) is 30.1 Å². The van der Waals surface area contributed by atoms with Gasteiger partial charge < -0.3 is 16.0 Å². The Balaban J connectivity index is 0.00000147. The van der Waals surface area contributed by atoms with Crippen LogP contribution >= 0.6 is 12.4 Å². The summed E-state index contributed by atoms with van der Waals surface area (Å²) in [7, 11) is 0. The first-order valence-electron chi connectivity index (χ1n) is 6.67. The fourth-order valence-electron chi connectivity index (χ4n) is 2.62. The summed E-state index contributed by atoms with van der Waals surface area (Å²) in [5, 5.41) is 8.92. The molecule has 2 aliphatic rings. The lowest BCUT2D eigenvalue weighted by Crippen LogP contribution is -2.34. The third-order valence-electron chi connectivity index (χ3n) is 3.77. The molecule has 2 heterocycles. The molecule has 1 aromatic carbocycles. The topological polar surface area (TPSA) is 70.2 Å². The van der Waals surface area contributed by atoms with Gasteiger partial charge in [0.25, 0.3) is 5.91 Å². The molecule has 3 N–H and O–H groups in total. The molecule has 0 aromatic heterocycles. The largest absolute Gasteiger partial charge is 0.348 e. The first-order valence-corrected chi connectivity index (χ1v) is 6.67. The second-order valence-electron chi connectivity index (χ2n) is 5.07. The van der Waals surface area contributed by atoms with Crippen LogP contribution in [0.1, 0.15) is 28.8 Å². The summed E-state index contributed by atoms with van der Waals surface area (Å²) in [4.78, 5) is 23.7. The maximum atomic E-state index is 12.1. The molecule has 0 atom stereocenters. The van der Waals surface area contributed by atoms with E-state index in [0.717, 1.165) is 31.5 Å². The Morgan fingerprint density at radius 2 is 2.00 bits per heavy atom. The molecular formula is C14H18ClN3O2. The molecule has 0 aliphatic carbocycles. The summed E-state index contributed by atoms with van der Waals surface area (Å²) < 4.78 is 0. The van der Waals surface area contributed by atoms with Crippen molar-refractivity contribution >= 4 is 29.9 Å². The summed E-state index contributed by atoms with van der Waals surface area (Å²) in [6, 6.07) is 5.51. The van der Waals surface area contributed by atoms with Crippen molar-refractivity contribution in [2.45, 2.75) is 19.4 Å². The predicted molar refractivity (Wildman–Crippen MR) is 79.1 cm³/mol. The standard InChI is InChI=1S/C14H17N3O2.ClH/c18-13(9-3-5-15-6-4-9)17-11-2-1-10-8-16-14(19)12(10)7-11;/h1-2,7,9,15H,3-6,8H2,(H,16,19)(H,17,18);1H. The molecule has 0 unspecified atom stereocenters. The van der Waals surface area contributed by atoms with Gasteiger partial charge in [0.2, 0.25) is 5.91 Å². The van der Waals surface area contributed by atoms with Gasteiger partial charge in [0.15, 0.2) is 0 Å². The summed E-state index contributed by atoms with van der Waals surface area (Å²) in [6.07, 6.45) is 1.74. The normalized spacial score (nSPS) is 17.9. The van der Waals surface area contributed by atoms with Crippen LogP contribution in [0, 0.1) is 5.92 Å². The number of rotatable bonds is 2. The minimum atomic E-state index is -0.0621. The highest BCUT2D eigenvalue weighted by molar-refractivity contribution is 6.00. The number of fused-ring (bicyclic) bond motifs is 1. The number of piperidine rings is 1. The Bertz CT molecular complexity index is 527. The zero-order valence-corrected chi connectivity index (χ0v) is 11.9. The molecule has 1 fully saturated rings. The highest BCUT2D eigenvalue weighted by atomic mass is 35.5. The first kappa shape index (κ1) is 14.8. The van der Waals surface area contributed by atoms with Crippen molar-refractivity contribution in [3.63, 3.8) is 0 Å². The van der Waals surface area contributed by atoms with E-state index < -0.39 is 0 Å². The van der Waals surface area contributed by atoms with Crippen molar-refractivity contribution < 1.29 is 9.59 Å². The van der Waals surface area contributed by atoms with Crippen LogP contribution in [0.4, 0.5) is 5.69 Å². The fraction of sp³-hybridized carbons (Fsp3) is 0.429. The van der Waals surface area contributed by atoms with E-state index in [1.165, 1.54) is 0 Å². The number of halogens is 1. The van der Waals surface area contributed by atoms with Crippen molar-refractivity contribution in [3.05, 3.63) is 29.3 Å². The van der Waals surface area contributed by atoms with Gasteiger partial charge in [-0.25, -0.2) is 0 Å². The maximum absolute atomic E-state index is 12.1. The van der Waals surface area contributed by atoms with Crippen LogP contribution in [0.2, 0.25) is 0 Å². The molecule has 5 nitrogen and oxygen atoms in total. The number of carbonyl (C=O) groups excluding carboxylic acids is 2. The highest BCUT2D eigenvalue weighted by Gasteiger charge is 2.22. The Morgan fingerprint density at radius 3 is 2.75 bits per heavy atom. The molecule has 2 aliphatic heterocycles. The second kappa shape index (κ2) is 6.24. The van der Waals surface area contributed by atoms with E-state index in [4.69, 9.17) is 0 Å². The lowest BCUT2D eigenvalue weighted by Gasteiger charge is -2.21. The average molecular weight is 296 g/mol. The lowest BCUT2D eigenvalue weighted by molar-refractivity contribution is -0.120. The highest BCUT2D eigenvalue weighted by Crippen LogP contribution is 2.21. The first-order chi connectivity index (χ1) is 9.24. The molecule has 20 heavy (non-hydrogen) atoms. The van der Waals surface area contributed by atoms with E-state index in [1.807, 2.05) is 12.1 Å². The Kier molecular flexibility index (Phi) is 4.62. The van der Waals surface area contributed by atoms with Crippen LogP contribution in [-0.2, 0) is 11.3 Å². The zero-order chi connectivity index (χ0) is 13.2. The summed E-state index contributed by atoms with van der Waals surface area (Å²) in [5.74, 6) is 0.0659. The van der Waals surface area contributed by atoms with Gasteiger partial charge in [-0.2, -0.15) is 0 Å². The quantitative estimate of drug-likeness (QED) is 0.770.